The third kappa shape index (κ3) is 11.3. The molecule has 0 spiro atoms. The van der Waals surface area contributed by atoms with E-state index in [1.807, 2.05) is 0 Å². The molecule has 0 bridgehead atoms. The van der Waals surface area contributed by atoms with Gasteiger partial charge < -0.3 is 134 Å². The van der Waals surface area contributed by atoms with Crippen molar-refractivity contribution in [1.82, 2.24) is 0 Å². The van der Waals surface area contributed by atoms with Crippen LogP contribution in [-0.4, -0.2) is 285 Å². The van der Waals surface area contributed by atoms with Crippen molar-refractivity contribution in [3.05, 3.63) is 11.6 Å². The largest absolute Gasteiger partial charge is 0.432 e. The van der Waals surface area contributed by atoms with E-state index in [0.717, 1.165) is 5.57 Å². The van der Waals surface area contributed by atoms with Gasteiger partial charge in [0, 0.05) is 0 Å². The minimum Gasteiger partial charge on any atom is -0.432 e. The summed E-state index contributed by atoms with van der Waals surface area (Å²) >= 11 is 0. The molecule has 34 atom stereocenters. The lowest BCUT2D eigenvalue weighted by Crippen LogP contribution is -2.69. The van der Waals surface area contributed by atoms with Gasteiger partial charge in [-0.15, -0.1) is 0 Å². The Balaban J connectivity index is 0.927. The standard InChI is InChI=1S/C60H98O28/c1-23-34(66)38(70)42(74)49(79-23)86-47-41(73)37(69)28(21-63)82-52(47)84-33-12-13-57(6)30(56(33,4)5)11-14-58(7)31(57)10-9-24-25-17-55(2,3)15-16-60(25,32(65)18-59(24,58)8)54(78)88-53-48(87-51-44(76)40(72)36(68)27(20-62)81-51)45(77)46(29(22-64)83-53)85-50-43(75)39(71)35(67)26(19-61)80-50/h9,23,25-53,61-77H,10-22H2,1-8H3/t23-,25?,26+,27+,28+,29+,30?,31?,32+,33-,34-,35+,36+,37+,38+,39-,40-,41-,42+,43+,44+,45-,46+,47+,48+,49-,50-,51-,52-,53-,57-,58+,59+,60+/m0/s1. The first-order chi connectivity index (χ1) is 41.2. The van der Waals surface area contributed by atoms with Crippen molar-refractivity contribution in [2.75, 3.05) is 26.4 Å². The third-order valence-electron chi connectivity index (χ3n) is 23.5. The molecule has 0 amide bonds. The van der Waals surface area contributed by atoms with Crippen LogP contribution in [0.2, 0.25) is 0 Å². The van der Waals surface area contributed by atoms with Crippen LogP contribution in [0.25, 0.3) is 0 Å². The number of hydrogen-bond donors (Lipinski definition) is 17. The van der Waals surface area contributed by atoms with Crippen LogP contribution >= 0.6 is 0 Å². The monoisotopic (exact) mass is 1270 g/mol. The summed E-state index contributed by atoms with van der Waals surface area (Å²) in [4.78, 5) is 15.7. The highest BCUT2D eigenvalue weighted by molar-refractivity contribution is 5.80. The Labute approximate surface area is 510 Å². The van der Waals surface area contributed by atoms with Gasteiger partial charge in [-0.05, 0) is 110 Å². The molecule has 5 heterocycles. The van der Waals surface area contributed by atoms with Crippen LogP contribution in [-0.2, 0) is 52.2 Å². The van der Waals surface area contributed by atoms with Gasteiger partial charge >= 0.3 is 5.97 Å². The molecule has 3 unspecified atom stereocenters. The maximum Gasteiger partial charge on any atom is 0.317 e. The minimum absolute atomic E-state index is 0.00797. The van der Waals surface area contributed by atoms with E-state index >= 15 is 4.79 Å². The number of aliphatic hydroxyl groups excluding tert-OH is 17. The molecular formula is C60H98O28. The summed E-state index contributed by atoms with van der Waals surface area (Å²) < 4.78 is 60.6. The number of allylic oxidation sites excluding steroid dienone is 2. The molecule has 0 aromatic carbocycles. The van der Waals surface area contributed by atoms with Crippen LogP contribution in [0.5, 0.6) is 0 Å². The minimum atomic E-state index is -2.09. The lowest BCUT2D eigenvalue weighted by molar-refractivity contribution is -0.384. The number of carbonyl (C=O) groups is 1. The molecule has 5 aliphatic heterocycles. The number of fused-ring (bicyclic) bond motifs is 7. The second-order valence-corrected chi connectivity index (χ2v) is 29.2. The van der Waals surface area contributed by atoms with Crippen LogP contribution in [0.1, 0.15) is 113 Å². The molecule has 9 fully saturated rings. The normalized spacial score (nSPS) is 54.4. The first kappa shape index (κ1) is 69.0. The molecular weight excluding hydrogens is 1170 g/mol. The van der Waals surface area contributed by atoms with Crippen molar-refractivity contribution in [2.45, 2.75) is 279 Å². The molecule has 5 saturated heterocycles. The van der Waals surface area contributed by atoms with E-state index in [0.29, 0.717) is 44.9 Å². The average Bonchev–Trinajstić information content (AvgIpc) is 0.688. The Bertz CT molecular complexity index is 2450. The average molecular weight is 1270 g/mol. The molecule has 28 heteroatoms. The summed E-state index contributed by atoms with van der Waals surface area (Å²) in [5.41, 5.74) is -3.16. The van der Waals surface area contributed by atoms with Gasteiger partial charge in [0.25, 0.3) is 0 Å². The Morgan fingerprint density at radius 3 is 1.53 bits per heavy atom. The zero-order chi connectivity index (χ0) is 64.4. The predicted octanol–water partition coefficient (Wildman–Crippen LogP) is -4.21. The predicted molar refractivity (Wildman–Crippen MR) is 295 cm³/mol. The molecule has 4 saturated carbocycles. The number of ether oxygens (including phenoxy) is 10. The number of rotatable bonds is 14. The van der Waals surface area contributed by atoms with E-state index in [1.165, 1.54) is 6.92 Å². The fourth-order valence-electron chi connectivity index (χ4n) is 18.0. The Morgan fingerprint density at radius 1 is 0.489 bits per heavy atom. The molecule has 10 rings (SSSR count). The summed E-state index contributed by atoms with van der Waals surface area (Å²) in [6, 6.07) is 0. The Morgan fingerprint density at radius 2 is 0.977 bits per heavy atom. The van der Waals surface area contributed by atoms with Gasteiger partial charge in [-0.2, -0.15) is 0 Å². The van der Waals surface area contributed by atoms with Crippen molar-refractivity contribution >= 4 is 5.97 Å². The van der Waals surface area contributed by atoms with Gasteiger partial charge in [0.2, 0.25) is 6.29 Å². The quantitative estimate of drug-likeness (QED) is 0.0445. The molecule has 28 nitrogen and oxygen atoms in total. The van der Waals surface area contributed by atoms with E-state index in [9.17, 15) is 86.8 Å². The Kier molecular flexibility index (Phi) is 19.9. The van der Waals surface area contributed by atoms with E-state index in [2.05, 4.69) is 54.5 Å². The molecule has 88 heavy (non-hydrogen) atoms. The smallest absolute Gasteiger partial charge is 0.317 e. The first-order valence-corrected chi connectivity index (χ1v) is 31.3. The van der Waals surface area contributed by atoms with Crippen molar-refractivity contribution in [3.8, 4) is 0 Å². The van der Waals surface area contributed by atoms with E-state index in [-0.39, 0.29) is 35.5 Å². The van der Waals surface area contributed by atoms with Crippen LogP contribution in [0.15, 0.2) is 11.6 Å². The van der Waals surface area contributed by atoms with Crippen molar-refractivity contribution < 1.29 is 139 Å². The fourth-order valence-corrected chi connectivity index (χ4v) is 18.0. The molecule has 0 aromatic rings. The molecule has 0 aromatic heterocycles. The van der Waals surface area contributed by atoms with Gasteiger partial charge in [0.1, 0.15) is 115 Å². The lowest BCUT2D eigenvalue weighted by Gasteiger charge is -2.72. The number of carbonyl (C=O) groups excluding carboxylic acids is 1. The first-order valence-electron chi connectivity index (χ1n) is 31.3. The highest BCUT2D eigenvalue weighted by Crippen LogP contribution is 2.76. The Hall–Kier alpha value is -1.83. The van der Waals surface area contributed by atoms with E-state index < -0.39 is 226 Å². The van der Waals surface area contributed by atoms with Crippen LogP contribution < -0.4 is 0 Å². The zero-order valence-electron chi connectivity index (χ0n) is 51.2. The van der Waals surface area contributed by atoms with Crippen molar-refractivity contribution in [2.24, 2.45) is 50.2 Å². The van der Waals surface area contributed by atoms with E-state index in [4.69, 9.17) is 47.4 Å². The van der Waals surface area contributed by atoms with Gasteiger partial charge in [0.05, 0.1) is 44.7 Å². The maximum atomic E-state index is 15.7. The topological polar surface area (TPSA) is 453 Å². The van der Waals surface area contributed by atoms with Crippen LogP contribution in [0.4, 0.5) is 0 Å². The van der Waals surface area contributed by atoms with E-state index in [1.54, 1.807) is 0 Å². The third-order valence-corrected chi connectivity index (χ3v) is 23.5. The SMILES string of the molecule is C[C@@H]1O[C@@H](O[C@H]2[C@H](O[C@H]3CC[C@@]4(C)C(CC[C@]5(C)C4CC=C4C6CC(C)(C)CC[C@]6(C(=O)O[C@@H]6O[C@H](CO)[C@@H](O[C@@H]7O[C@H](CO)[C@@H](O)[C@H](O)[C@H]7O)[C@H](O)[C@H]6O[C@@H]6O[C@H](CO)[C@@H](O)[C@H](O)[C@H]6O)[C@H](O)C[C@]45C)C3(C)C)O[C@H](CO)[C@@H](O)[C@@H]2O)[C@H](O)[C@H](O)[C@H]1O. The molecule has 506 valence electrons. The molecule has 17 N–H and O–H groups in total. The highest BCUT2D eigenvalue weighted by Gasteiger charge is 2.72. The van der Waals surface area contributed by atoms with Crippen LogP contribution in [0, 0.1) is 50.2 Å². The van der Waals surface area contributed by atoms with Crippen LogP contribution in [0.3, 0.4) is 0 Å². The molecule has 0 radical (unpaired) electrons. The summed E-state index contributed by atoms with van der Waals surface area (Å²) in [7, 11) is 0. The summed E-state index contributed by atoms with van der Waals surface area (Å²) in [5, 5.41) is 185. The van der Waals surface area contributed by atoms with Gasteiger partial charge in [-0.1, -0.05) is 60.1 Å². The van der Waals surface area contributed by atoms with Gasteiger partial charge in [-0.25, -0.2) is 0 Å². The second kappa shape index (κ2) is 25.4. The second-order valence-electron chi connectivity index (χ2n) is 29.2. The van der Waals surface area contributed by atoms with Crippen molar-refractivity contribution in [1.29, 1.82) is 0 Å². The number of esters is 1. The summed E-state index contributed by atoms with van der Waals surface area (Å²) in [5.74, 6) is -1.54. The zero-order valence-corrected chi connectivity index (χ0v) is 51.2. The summed E-state index contributed by atoms with van der Waals surface area (Å²) in [6.07, 6.45) is -38.1. The molecule has 10 aliphatic rings. The molecule has 5 aliphatic carbocycles. The highest BCUT2D eigenvalue weighted by atomic mass is 16.8. The lowest BCUT2D eigenvalue weighted by atomic mass is 9.33. The van der Waals surface area contributed by atoms with Gasteiger partial charge in [-0.3, -0.25) is 4.79 Å². The van der Waals surface area contributed by atoms with Crippen molar-refractivity contribution in [3.63, 3.8) is 0 Å². The summed E-state index contributed by atoms with van der Waals surface area (Å²) in [6.45, 7) is 13.3. The maximum absolute atomic E-state index is 15.7. The van der Waals surface area contributed by atoms with Gasteiger partial charge in [0.15, 0.2) is 31.3 Å². The number of aliphatic hydroxyl groups is 17. The number of hydrogen-bond acceptors (Lipinski definition) is 28. The fraction of sp³-hybridized carbons (Fsp3) is 0.950.